The Labute approximate surface area is 131 Å². The van der Waals surface area contributed by atoms with Gasteiger partial charge in [0.15, 0.2) is 5.78 Å². The summed E-state index contributed by atoms with van der Waals surface area (Å²) < 4.78 is 5.35. The number of hydrogen-bond donors (Lipinski definition) is 3. The molecule has 1 atom stereocenters. The number of aromatic hydroxyl groups is 3. The molecule has 0 amide bonds. The molecular formula is C17H26O5. The maximum atomic E-state index is 12.3. The maximum absolute atomic E-state index is 12.3. The molecule has 0 spiro atoms. The van der Waals surface area contributed by atoms with Crippen LogP contribution in [0.25, 0.3) is 0 Å². The molecule has 0 heterocycles. The summed E-state index contributed by atoms with van der Waals surface area (Å²) in [5.74, 6) is -1.07. The number of methoxy groups -OCH3 is 1. The molecule has 1 rings (SSSR count). The summed E-state index contributed by atoms with van der Waals surface area (Å²) in [6.45, 7) is 7.74. The van der Waals surface area contributed by atoms with Crippen molar-refractivity contribution in [2.75, 3.05) is 7.11 Å². The van der Waals surface area contributed by atoms with Gasteiger partial charge in [0.25, 0.3) is 0 Å². The quantitative estimate of drug-likeness (QED) is 0.667. The van der Waals surface area contributed by atoms with Crippen LogP contribution in [-0.4, -0.2) is 28.2 Å². The molecule has 124 valence electrons. The number of hydrogen-bond acceptors (Lipinski definition) is 5. The Balaban J connectivity index is 3.37. The third-order valence-corrected chi connectivity index (χ3v) is 3.46. The Hall–Kier alpha value is -1.75. The molecule has 0 aromatic heterocycles. The lowest BCUT2D eigenvalue weighted by Gasteiger charge is -2.22. The van der Waals surface area contributed by atoms with Crippen LogP contribution < -0.4 is 0 Å². The van der Waals surface area contributed by atoms with Crippen molar-refractivity contribution < 1.29 is 24.9 Å². The lowest BCUT2D eigenvalue weighted by atomic mass is 9.92. The fourth-order valence-electron chi connectivity index (χ4n) is 2.48. The van der Waals surface area contributed by atoms with Gasteiger partial charge in [-0.2, -0.15) is 0 Å². The summed E-state index contributed by atoms with van der Waals surface area (Å²) in [7, 11) is 1.48. The van der Waals surface area contributed by atoms with Crippen molar-refractivity contribution in [1.29, 1.82) is 0 Å². The smallest absolute Gasteiger partial charge is 0.170 e. The van der Waals surface area contributed by atoms with Crippen LogP contribution in [-0.2, 0) is 4.74 Å². The first-order chi connectivity index (χ1) is 10.2. The van der Waals surface area contributed by atoms with E-state index in [4.69, 9.17) is 4.74 Å². The molecule has 0 aliphatic carbocycles. The SMILES string of the molecule is COC(CC(C)C)c1c(O)cc(O)c(C(=O)CC(C)C)c1O. The second-order valence-corrected chi connectivity index (χ2v) is 6.43. The van der Waals surface area contributed by atoms with Crippen molar-refractivity contribution in [2.24, 2.45) is 11.8 Å². The van der Waals surface area contributed by atoms with Crippen LogP contribution in [0, 0.1) is 11.8 Å². The number of phenolic OH excluding ortho intramolecular Hbond substituents is 3. The molecule has 1 aromatic carbocycles. The second kappa shape index (κ2) is 7.49. The molecule has 0 aliphatic heterocycles. The largest absolute Gasteiger partial charge is 0.507 e. The molecule has 0 saturated heterocycles. The van der Waals surface area contributed by atoms with E-state index in [1.807, 2.05) is 27.7 Å². The van der Waals surface area contributed by atoms with Gasteiger partial charge in [0.2, 0.25) is 0 Å². The molecule has 1 unspecified atom stereocenters. The molecule has 5 nitrogen and oxygen atoms in total. The Morgan fingerprint density at radius 1 is 1.09 bits per heavy atom. The summed E-state index contributed by atoms with van der Waals surface area (Å²) in [5, 5.41) is 30.4. The van der Waals surface area contributed by atoms with Crippen LogP contribution in [0.1, 0.15) is 62.6 Å². The first-order valence-electron chi connectivity index (χ1n) is 7.52. The highest BCUT2D eigenvalue weighted by atomic mass is 16.5. The minimum atomic E-state index is -0.550. The number of rotatable bonds is 7. The fraction of sp³-hybridized carbons (Fsp3) is 0.588. The van der Waals surface area contributed by atoms with Gasteiger partial charge in [-0.25, -0.2) is 0 Å². The highest BCUT2D eigenvalue weighted by Crippen LogP contribution is 2.44. The number of carbonyl (C=O) groups is 1. The van der Waals surface area contributed by atoms with Crippen molar-refractivity contribution >= 4 is 5.78 Å². The van der Waals surface area contributed by atoms with Crippen molar-refractivity contribution in [3.63, 3.8) is 0 Å². The molecule has 0 saturated carbocycles. The summed E-state index contributed by atoms with van der Waals surface area (Å²) >= 11 is 0. The fourth-order valence-corrected chi connectivity index (χ4v) is 2.48. The highest BCUT2D eigenvalue weighted by Gasteiger charge is 2.28. The minimum absolute atomic E-state index is 0.0949. The standard InChI is InChI=1S/C17H26O5/c1-9(2)6-11(18)15-12(19)8-13(20)16(17(15)21)14(22-5)7-10(3)4/h8-10,14,19-21H,6-7H2,1-5H3. The number of carbonyl (C=O) groups excluding carboxylic acids is 1. The zero-order valence-corrected chi connectivity index (χ0v) is 13.9. The van der Waals surface area contributed by atoms with Gasteiger partial charge in [-0.15, -0.1) is 0 Å². The van der Waals surface area contributed by atoms with Crippen LogP contribution in [0.4, 0.5) is 0 Å². The predicted molar refractivity (Wildman–Crippen MR) is 84.4 cm³/mol. The van der Waals surface area contributed by atoms with E-state index >= 15 is 0 Å². The van der Waals surface area contributed by atoms with E-state index in [2.05, 4.69) is 0 Å². The van der Waals surface area contributed by atoms with Gasteiger partial charge in [0.1, 0.15) is 22.8 Å². The van der Waals surface area contributed by atoms with Crippen LogP contribution in [0.3, 0.4) is 0 Å². The number of ketones is 1. The molecule has 1 aromatic rings. The van der Waals surface area contributed by atoms with Gasteiger partial charge in [-0.05, 0) is 18.3 Å². The molecule has 0 fully saturated rings. The van der Waals surface area contributed by atoms with Crippen LogP contribution in [0.2, 0.25) is 0 Å². The predicted octanol–water partition coefficient (Wildman–Crippen LogP) is 3.77. The zero-order valence-electron chi connectivity index (χ0n) is 13.9. The van der Waals surface area contributed by atoms with E-state index in [9.17, 15) is 20.1 Å². The van der Waals surface area contributed by atoms with E-state index in [1.54, 1.807) is 0 Å². The van der Waals surface area contributed by atoms with Gasteiger partial charge in [0.05, 0.1) is 11.7 Å². The first kappa shape index (κ1) is 18.3. The Bertz CT molecular complexity index is 534. The van der Waals surface area contributed by atoms with E-state index in [-0.39, 0.29) is 40.9 Å². The van der Waals surface area contributed by atoms with Crippen LogP contribution in [0.15, 0.2) is 6.07 Å². The first-order valence-corrected chi connectivity index (χ1v) is 7.52. The normalized spacial score (nSPS) is 12.9. The van der Waals surface area contributed by atoms with E-state index in [0.29, 0.717) is 6.42 Å². The topological polar surface area (TPSA) is 87.0 Å². The average molecular weight is 310 g/mol. The van der Waals surface area contributed by atoms with Gasteiger partial charge in [-0.1, -0.05) is 27.7 Å². The van der Waals surface area contributed by atoms with E-state index in [1.165, 1.54) is 7.11 Å². The maximum Gasteiger partial charge on any atom is 0.170 e. The van der Waals surface area contributed by atoms with E-state index in [0.717, 1.165) is 6.07 Å². The molecule has 0 radical (unpaired) electrons. The van der Waals surface area contributed by atoms with Crippen molar-refractivity contribution in [1.82, 2.24) is 0 Å². The summed E-state index contributed by atoms with van der Waals surface area (Å²) in [6, 6.07) is 1.09. The molecule has 0 aliphatic rings. The monoisotopic (exact) mass is 310 g/mol. The Morgan fingerprint density at radius 3 is 2.14 bits per heavy atom. The summed E-state index contributed by atoms with van der Waals surface area (Å²) in [5.41, 5.74) is 0.00779. The minimum Gasteiger partial charge on any atom is -0.507 e. The Morgan fingerprint density at radius 2 is 1.68 bits per heavy atom. The third kappa shape index (κ3) is 4.13. The summed E-state index contributed by atoms with van der Waals surface area (Å²) in [4.78, 5) is 12.3. The van der Waals surface area contributed by atoms with Gasteiger partial charge >= 0.3 is 0 Å². The number of Topliss-reactive ketones (excluding diaryl/α,β-unsaturated/α-hetero) is 1. The molecule has 22 heavy (non-hydrogen) atoms. The third-order valence-electron chi connectivity index (χ3n) is 3.46. The molecular weight excluding hydrogens is 284 g/mol. The van der Waals surface area contributed by atoms with Crippen molar-refractivity contribution in [3.8, 4) is 17.2 Å². The molecule has 5 heteroatoms. The highest BCUT2D eigenvalue weighted by molar-refractivity contribution is 6.02. The molecule has 3 N–H and O–H groups in total. The summed E-state index contributed by atoms with van der Waals surface area (Å²) in [6.07, 6.45) is 0.221. The van der Waals surface area contributed by atoms with E-state index < -0.39 is 17.6 Å². The van der Waals surface area contributed by atoms with Crippen molar-refractivity contribution in [2.45, 2.75) is 46.6 Å². The number of benzene rings is 1. The second-order valence-electron chi connectivity index (χ2n) is 6.43. The average Bonchev–Trinajstić information content (AvgIpc) is 2.35. The lowest BCUT2D eigenvalue weighted by molar-refractivity contribution is 0.0798. The lowest BCUT2D eigenvalue weighted by Crippen LogP contribution is -2.10. The van der Waals surface area contributed by atoms with Crippen molar-refractivity contribution in [3.05, 3.63) is 17.2 Å². The molecule has 0 bridgehead atoms. The van der Waals surface area contributed by atoms with Gasteiger partial charge in [-0.3, -0.25) is 4.79 Å². The van der Waals surface area contributed by atoms with Gasteiger partial charge < -0.3 is 20.1 Å². The number of phenols is 3. The van der Waals surface area contributed by atoms with Crippen LogP contribution >= 0.6 is 0 Å². The number of ether oxygens (including phenoxy) is 1. The zero-order chi connectivity index (χ0) is 17.0. The van der Waals surface area contributed by atoms with Gasteiger partial charge in [0, 0.05) is 19.6 Å². The van der Waals surface area contributed by atoms with Crippen LogP contribution in [0.5, 0.6) is 17.2 Å². The Kier molecular flexibility index (Phi) is 6.23.